The fraction of sp³-hybridized carbons (Fsp3) is 0.875. The lowest BCUT2D eigenvalue weighted by molar-refractivity contribution is -0.188. The number of carbonyl (C=O) groups is 1. The van der Waals surface area contributed by atoms with Crippen molar-refractivity contribution in [2.75, 3.05) is 22.8 Å². The fourth-order valence-corrected chi connectivity index (χ4v) is 5.24. The van der Waals surface area contributed by atoms with Crippen molar-refractivity contribution in [1.82, 2.24) is 0 Å². The summed E-state index contributed by atoms with van der Waals surface area (Å²) < 4.78 is 40.7. The van der Waals surface area contributed by atoms with Gasteiger partial charge in [0, 0.05) is 11.5 Å². The first kappa shape index (κ1) is 15.0. The van der Waals surface area contributed by atoms with Crippen molar-refractivity contribution in [2.45, 2.75) is 20.0 Å². The van der Waals surface area contributed by atoms with E-state index in [9.17, 15) is 18.0 Å². The lowest BCUT2D eigenvalue weighted by Crippen LogP contribution is -2.28. The zero-order chi connectivity index (χ0) is 12.1. The van der Waals surface area contributed by atoms with Gasteiger partial charge in [-0.3, -0.25) is 0 Å². The maximum atomic E-state index is 12.0. The molecule has 0 saturated carbocycles. The van der Waals surface area contributed by atoms with Crippen LogP contribution in [0.2, 0.25) is 0 Å². The number of hydrogen-bond donors (Lipinski definition) is 0. The summed E-state index contributed by atoms with van der Waals surface area (Å²) in [6, 6.07) is 0. The number of hydrogen-bond acceptors (Lipinski definition) is 3. The zero-order valence-electron chi connectivity index (χ0n) is 8.89. The van der Waals surface area contributed by atoms with Crippen LogP contribution in [0, 0.1) is 0 Å². The van der Waals surface area contributed by atoms with Crippen LogP contribution in [-0.4, -0.2) is 35.0 Å². The second-order valence-electron chi connectivity index (χ2n) is 2.82. The predicted molar refractivity (Wildman–Crippen MR) is 59.2 cm³/mol. The average molecular weight is 264 g/mol. The molecule has 0 radical (unpaired) electrons. The minimum Gasteiger partial charge on any atom is -0.408 e. The van der Waals surface area contributed by atoms with E-state index < -0.39 is 22.5 Å². The number of halogens is 3. The monoisotopic (exact) mass is 264 g/mol. The molecule has 0 aliphatic carbocycles. The van der Waals surface area contributed by atoms with Crippen molar-refractivity contribution in [1.29, 1.82) is 0 Å². The summed E-state index contributed by atoms with van der Waals surface area (Å²) in [6.07, 6.45) is -3.10. The van der Waals surface area contributed by atoms with Crippen molar-refractivity contribution in [2.24, 2.45) is 0 Å². The van der Waals surface area contributed by atoms with Gasteiger partial charge in [-0.1, -0.05) is 24.2 Å². The second-order valence-corrected chi connectivity index (χ2v) is 7.59. The van der Waals surface area contributed by atoms with E-state index in [1.807, 2.05) is 0 Å². The highest BCUT2D eigenvalue weighted by Crippen LogP contribution is 2.51. The SMILES string of the molecule is CCS(CC)(CSC)OC(=O)C(F)(F)F. The molecule has 0 spiro atoms. The Labute approximate surface area is 93.5 Å². The van der Waals surface area contributed by atoms with Crippen LogP contribution in [-0.2, 0) is 8.98 Å². The van der Waals surface area contributed by atoms with Gasteiger partial charge in [0.2, 0.25) is 0 Å². The molecule has 92 valence electrons. The van der Waals surface area contributed by atoms with Crippen LogP contribution in [0.5, 0.6) is 0 Å². The van der Waals surface area contributed by atoms with Gasteiger partial charge in [0.25, 0.3) is 0 Å². The maximum Gasteiger partial charge on any atom is 0.491 e. The van der Waals surface area contributed by atoms with Crippen molar-refractivity contribution in [3.05, 3.63) is 0 Å². The van der Waals surface area contributed by atoms with Gasteiger partial charge in [-0.2, -0.15) is 24.9 Å². The van der Waals surface area contributed by atoms with Crippen LogP contribution in [0.15, 0.2) is 0 Å². The topological polar surface area (TPSA) is 26.3 Å². The molecule has 0 aromatic heterocycles. The Morgan fingerprint density at radius 2 is 1.80 bits per heavy atom. The van der Waals surface area contributed by atoms with Crippen molar-refractivity contribution in [3.63, 3.8) is 0 Å². The molecule has 0 aliphatic heterocycles. The molecule has 0 N–H and O–H groups in total. The Morgan fingerprint density at radius 1 is 1.33 bits per heavy atom. The van der Waals surface area contributed by atoms with Crippen LogP contribution < -0.4 is 0 Å². The van der Waals surface area contributed by atoms with Crippen LogP contribution in [0.25, 0.3) is 0 Å². The Kier molecular flexibility index (Phi) is 5.87. The first-order chi connectivity index (χ1) is 6.81. The van der Waals surface area contributed by atoms with E-state index in [0.29, 0.717) is 16.6 Å². The molecule has 7 heteroatoms. The quantitative estimate of drug-likeness (QED) is 0.763. The van der Waals surface area contributed by atoms with Gasteiger partial charge in [0.15, 0.2) is 0 Å². The van der Waals surface area contributed by atoms with Crippen LogP contribution in [0.3, 0.4) is 0 Å². The van der Waals surface area contributed by atoms with E-state index in [1.54, 1.807) is 20.1 Å². The Hall–Kier alpha value is -0.0400. The highest BCUT2D eigenvalue weighted by molar-refractivity contribution is 8.36. The third-order valence-electron chi connectivity index (χ3n) is 1.87. The number of rotatable bonds is 5. The molecule has 0 aromatic rings. The third kappa shape index (κ3) is 4.55. The summed E-state index contributed by atoms with van der Waals surface area (Å²) in [4.78, 5) is 10.7. The van der Waals surface area contributed by atoms with Crippen molar-refractivity contribution >= 4 is 28.0 Å². The van der Waals surface area contributed by atoms with Gasteiger partial charge in [0.05, 0.1) is 5.08 Å². The minimum atomic E-state index is -4.89. The standard InChI is InChI=1S/C8H15F3O2S2/c1-4-15(5-2,6-14-3)13-7(12)8(9,10)11/h4-6H2,1-3H3. The first-order valence-corrected chi connectivity index (χ1v) is 7.83. The molecule has 0 aliphatic rings. The van der Waals surface area contributed by atoms with Gasteiger partial charge >= 0.3 is 12.1 Å². The van der Waals surface area contributed by atoms with Crippen molar-refractivity contribution < 1.29 is 22.1 Å². The molecule has 0 aromatic carbocycles. The molecule has 0 saturated heterocycles. The smallest absolute Gasteiger partial charge is 0.408 e. The van der Waals surface area contributed by atoms with E-state index in [-0.39, 0.29) is 0 Å². The van der Waals surface area contributed by atoms with Gasteiger partial charge in [-0.15, -0.1) is 0 Å². The zero-order valence-corrected chi connectivity index (χ0v) is 10.5. The molecular formula is C8H15F3O2S2. The van der Waals surface area contributed by atoms with E-state index in [4.69, 9.17) is 0 Å². The van der Waals surface area contributed by atoms with E-state index >= 15 is 0 Å². The largest absolute Gasteiger partial charge is 0.491 e. The Bertz CT molecular complexity index is 214. The van der Waals surface area contributed by atoms with Gasteiger partial charge in [-0.25, -0.2) is 4.79 Å². The molecule has 0 fully saturated rings. The maximum absolute atomic E-state index is 12.0. The van der Waals surface area contributed by atoms with E-state index in [2.05, 4.69) is 4.18 Å². The molecular weight excluding hydrogens is 249 g/mol. The van der Waals surface area contributed by atoms with Crippen molar-refractivity contribution in [3.8, 4) is 0 Å². The predicted octanol–water partition coefficient (Wildman–Crippen LogP) is 3.17. The second kappa shape index (κ2) is 5.89. The summed E-state index contributed by atoms with van der Waals surface area (Å²) in [7, 11) is -1.91. The molecule has 0 bridgehead atoms. The normalized spacial score (nSPS) is 13.7. The van der Waals surface area contributed by atoms with Gasteiger partial charge in [0.1, 0.15) is 0 Å². The highest BCUT2D eigenvalue weighted by atomic mass is 32.3. The van der Waals surface area contributed by atoms with Crippen LogP contribution in [0.1, 0.15) is 13.8 Å². The Balaban J connectivity index is 4.61. The molecule has 0 amide bonds. The Morgan fingerprint density at radius 3 is 2.07 bits per heavy atom. The van der Waals surface area contributed by atoms with Crippen LogP contribution in [0.4, 0.5) is 13.2 Å². The lowest BCUT2D eigenvalue weighted by Gasteiger charge is -2.36. The summed E-state index contributed by atoms with van der Waals surface area (Å²) >= 11 is 1.40. The van der Waals surface area contributed by atoms with Crippen LogP contribution >= 0.6 is 22.1 Å². The average Bonchev–Trinajstić information content (AvgIpc) is 2.15. The number of alkyl halides is 3. The first-order valence-electron chi connectivity index (χ1n) is 4.37. The van der Waals surface area contributed by atoms with Gasteiger partial charge in [-0.05, 0) is 6.26 Å². The molecule has 15 heavy (non-hydrogen) atoms. The van der Waals surface area contributed by atoms with E-state index in [0.717, 1.165) is 0 Å². The summed E-state index contributed by atoms with van der Waals surface area (Å²) in [5.74, 6) is -1.13. The molecule has 0 rings (SSSR count). The minimum absolute atomic E-state index is 0.460. The summed E-state index contributed by atoms with van der Waals surface area (Å²) in [5.41, 5.74) is 0. The molecule has 0 heterocycles. The fourth-order valence-electron chi connectivity index (χ4n) is 0.935. The third-order valence-corrected chi connectivity index (χ3v) is 7.14. The molecule has 0 unspecified atom stereocenters. The molecule has 0 atom stereocenters. The van der Waals surface area contributed by atoms with E-state index in [1.165, 1.54) is 11.8 Å². The summed E-state index contributed by atoms with van der Waals surface area (Å²) in [6.45, 7) is 3.50. The molecule has 2 nitrogen and oxygen atoms in total. The number of thioether (sulfide) groups is 1. The van der Waals surface area contributed by atoms with Gasteiger partial charge < -0.3 is 4.18 Å². The summed E-state index contributed by atoms with van der Waals surface area (Å²) in [5, 5.41) is 0.460. The lowest BCUT2D eigenvalue weighted by atomic mass is 10.7. The number of carbonyl (C=O) groups excluding carboxylic acids is 1. The highest BCUT2D eigenvalue weighted by Gasteiger charge is 2.44.